The van der Waals surface area contributed by atoms with Crippen LogP contribution in [0.2, 0.25) is 0 Å². The lowest BCUT2D eigenvalue weighted by molar-refractivity contribution is -0.0363. The van der Waals surface area contributed by atoms with Crippen molar-refractivity contribution >= 4 is 11.3 Å². The Morgan fingerprint density at radius 1 is 1.50 bits per heavy atom. The number of likely N-dealkylation sites (N-methyl/N-ethyl adjacent to an activating group) is 1. The number of hydrogen-bond acceptors (Lipinski definition) is 3. The monoisotopic (exact) mass is 239 g/mol. The maximum atomic E-state index is 5.88. The molecule has 1 N–H and O–H groups in total. The Balaban J connectivity index is 2.23. The van der Waals surface area contributed by atoms with E-state index in [-0.39, 0.29) is 5.60 Å². The molecular formula is C13H21NOS. The topological polar surface area (TPSA) is 21.3 Å². The molecule has 1 atom stereocenters. The first-order valence-corrected chi connectivity index (χ1v) is 7.07. The molecule has 1 aliphatic rings. The van der Waals surface area contributed by atoms with Crippen molar-refractivity contribution in [2.45, 2.75) is 44.2 Å². The molecule has 2 nitrogen and oxygen atoms in total. The van der Waals surface area contributed by atoms with Crippen molar-refractivity contribution in [1.82, 2.24) is 5.32 Å². The van der Waals surface area contributed by atoms with Crippen LogP contribution in [0.15, 0.2) is 16.8 Å². The summed E-state index contributed by atoms with van der Waals surface area (Å²) in [6, 6.07) is 2.58. The summed E-state index contributed by atoms with van der Waals surface area (Å²) in [6.45, 7) is 3.16. The Bertz CT molecular complexity index is 304. The molecule has 1 aromatic heterocycles. The van der Waals surface area contributed by atoms with Gasteiger partial charge in [0, 0.05) is 7.11 Å². The van der Waals surface area contributed by atoms with Crippen molar-refractivity contribution in [2.24, 2.45) is 0 Å². The van der Waals surface area contributed by atoms with Gasteiger partial charge in [-0.15, -0.1) is 0 Å². The highest BCUT2D eigenvalue weighted by atomic mass is 32.1. The Morgan fingerprint density at radius 3 is 2.75 bits per heavy atom. The van der Waals surface area contributed by atoms with Gasteiger partial charge in [0.15, 0.2) is 0 Å². The number of methoxy groups -OCH3 is 1. The van der Waals surface area contributed by atoms with Crippen molar-refractivity contribution in [3.63, 3.8) is 0 Å². The van der Waals surface area contributed by atoms with Crippen LogP contribution in [0.4, 0.5) is 0 Å². The molecule has 1 fully saturated rings. The van der Waals surface area contributed by atoms with Gasteiger partial charge in [0.05, 0.1) is 11.6 Å². The van der Waals surface area contributed by atoms with E-state index >= 15 is 0 Å². The third-order valence-corrected chi connectivity index (χ3v) is 4.37. The molecule has 1 unspecified atom stereocenters. The smallest absolute Gasteiger partial charge is 0.0872 e. The van der Waals surface area contributed by atoms with Crippen LogP contribution in [0.25, 0.3) is 0 Å². The average molecular weight is 239 g/mol. The molecule has 2 rings (SSSR count). The van der Waals surface area contributed by atoms with Crippen LogP contribution in [0, 0.1) is 0 Å². The fraction of sp³-hybridized carbons (Fsp3) is 0.692. The first-order valence-electron chi connectivity index (χ1n) is 6.13. The molecule has 1 saturated carbocycles. The van der Waals surface area contributed by atoms with Crippen LogP contribution >= 0.6 is 11.3 Å². The lowest BCUT2D eigenvalue weighted by Gasteiger charge is -2.36. The number of nitrogens with one attached hydrogen (secondary N) is 1. The highest BCUT2D eigenvalue weighted by molar-refractivity contribution is 7.07. The van der Waals surface area contributed by atoms with Gasteiger partial charge in [-0.1, -0.05) is 19.8 Å². The first-order chi connectivity index (χ1) is 7.82. The summed E-state index contributed by atoms with van der Waals surface area (Å²) in [6.07, 6.45) is 4.94. The molecule has 90 valence electrons. The van der Waals surface area contributed by atoms with E-state index in [1.54, 1.807) is 11.3 Å². The fourth-order valence-electron chi connectivity index (χ4n) is 2.84. The van der Waals surface area contributed by atoms with E-state index in [4.69, 9.17) is 4.74 Å². The molecule has 1 heterocycles. The van der Waals surface area contributed by atoms with Crippen molar-refractivity contribution in [2.75, 3.05) is 13.7 Å². The Hall–Kier alpha value is -0.380. The highest BCUT2D eigenvalue weighted by Crippen LogP contribution is 2.42. The van der Waals surface area contributed by atoms with Crippen LogP contribution in [-0.2, 0) is 4.74 Å². The molecule has 0 radical (unpaired) electrons. The minimum absolute atomic E-state index is 0.0249. The van der Waals surface area contributed by atoms with Crippen molar-refractivity contribution in [1.29, 1.82) is 0 Å². The molecule has 0 bridgehead atoms. The summed E-state index contributed by atoms with van der Waals surface area (Å²) in [4.78, 5) is 0. The largest absolute Gasteiger partial charge is 0.376 e. The third kappa shape index (κ3) is 2.17. The van der Waals surface area contributed by atoms with E-state index in [1.807, 2.05) is 7.11 Å². The average Bonchev–Trinajstić information content (AvgIpc) is 2.98. The van der Waals surface area contributed by atoms with Crippen LogP contribution in [0.5, 0.6) is 0 Å². The fourth-order valence-corrected chi connectivity index (χ4v) is 3.52. The SMILES string of the molecule is CCNC(c1ccsc1)C1(OC)CCCC1. The molecule has 0 aromatic carbocycles. The highest BCUT2D eigenvalue weighted by Gasteiger charge is 2.42. The van der Waals surface area contributed by atoms with E-state index in [9.17, 15) is 0 Å². The van der Waals surface area contributed by atoms with Gasteiger partial charge >= 0.3 is 0 Å². The Morgan fingerprint density at radius 2 is 2.25 bits per heavy atom. The Labute approximate surface area is 102 Å². The van der Waals surface area contributed by atoms with E-state index < -0.39 is 0 Å². The van der Waals surface area contributed by atoms with Crippen LogP contribution in [0.1, 0.15) is 44.2 Å². The van der Waals surface area contributed by atoms with Gasteiger partial charge in [-0.25, -0.2) is 0 Å². The number of thiophene rings is 1. The predicted octanol–water partition coefficient (Wildman–Crippen LogP) is 3.36. The molecule has 1 aromatic rings. The Kier molecular flexibility index (Phi) is 4.00. The molecular weight excluding hydrogens is 218 g/mol. The van der Waals surface area contributed by atoms with Gasteiger partial charge in [-0.05, 0) is 41.8 Å². The predicted molar refractivity (Wildman–Crippen MR) is 68.9 cm³/mol. The first kappa shape index (κ1) is 12.1. The summed E-state index contributed by atoms with van der Waals surface area (Å²) in [7, 11) is 1.86. The maximum absolute atomic E-state index is 5.88. The van der Waals surface area contributed by atoms with E-state index in [2.05, 4.69) is 29.1 Å². The van der Waals surface area contributed by atoms with Crippen molar-refractivity contribution < 1.29 is 4.74 Å². The molecule has 0 saturated heterocycles. The third-order valence-electron chi connectivity index (χ3n) is 3.67. The molecule has 1 aliphatic carbocycles. The van der Waals surface area contributed by atoms with Gasteiger partial charge in [-0.3, -0.25) is 0 Å². The molecule has 0 aliphatic heterocycles. The minimum atomic E-state index is 0.0249. The van der Waals surface area contributed by atoms with Crippen LogP contribution < -0.4 is 5.32 Å². The van der Waals surface area contributed by atoms with Gasteiger partial charge in [0.25, 0.3) is 0 Å². The number of rotatable bonds is 5. The van der Waals surface area contributed by atoms with Crippen molar-refractivity contribution in [3.05, 3.63) is 22.4 Å². The quantitative estimate of drug-likeness (QED) is 0.850. The van der Waals surface area contributed by atoms with Gasteiger partial charge < -0.3 is 10.1 Å². The zero-order valence-corrected chi connectivity index (χ0v) is 11.0. The summed E-state index contributed by atoms with van der Waals surface area (Å²) in [5, 5.41) is 7.99. The summed E-state index contributed by atoms with van der Waals surface area (Å²) in [5.74, 6) is 0. The lowest BCUT2D eigenvalue weighted by atomic mass is 9.88. The van der Waals surface area contributed by atoms with Gasteiger partial charge in [0.2, 0.25) is 0 Å². The maximum Gasteiger partial charge on any atom is 0.0872 e. The van der Waals surface area contributed by atoms with Crippen LogP contribution in [-0.4, -0.2) is 19.3 Å². The van der Waals surface area contributed by atoms with Gasteiger partial charge in [0.1, 0.15) is 0 Å². The number of ether oxygens (including phenoxy) is 1. The zero-order chi connectivity index (χ0) is 11.4. The van der Waals surface area contributed by atoms with Crippen LogP contribution in [0.3, 0.4) is 0 Å². The van der Waals surface area contributed by atoms with Gasteiger partial charge in [-0.2, -0.15) is 11.3 Å². The zero-order valence-electron chi connectivity index (χ0n) is 10.2. The summed E-state index contributed by atoms with van der Waals surface area (Å²) >= 11 is 1.77. The molecule has 3 heteroatoms. The summed E-state index contributed by atoms with van der Waals surface area (Å²) in [5.41, 5.74) is 1.41. The number of hydrogen-bond donors (Lipinski definition) is 1. The second-order valence-corrected chi connectivity index (χ2v) is 5.30. The van der Waals surface area contributed by atoms with E-state index in [1.165, 1.54) is 31.2 Å². The van der Waals surface area contributed by atoms with E-state index in [0.717, 1.165) is 6.54 Å². The summed E-state index contributed by atoms with van der Waals surface area (Å²) < 4.78 is 5.88. The minimum Gasteiger partial charge on any atom is -0.376 e. The lowest BCUT2D eigenvalue weighted by Crippen LogP contribution is -2.43. The second kappa shape index (κ2) is 5.30. The molecule has 0 amide bonds. The molecule has 16 heavy (non-hydrogen) atoms. The standard InChI is InChI=1S/C13H21NOS/c1-3-14-12(11-6-9-16-10-11)13(15-2)7-4-5-8-13/h6,9-10,12,14H,3-5,7-8H2,1-2H3. The van der Waals surface area contributed by atoms with E-state index in [0.29, 0.717) is 6.04 Å². The normalized spacial score (nSPS) is 21.1. The second-order valence-electron chi connectivity index (χ2n) is 4.52. The molecule has 0 spiro atoms. The van der Waals surface area contributed by atoms with Crippen molar-refractivity contribution in [3.8, 4) is 0 Å².